The molecule has 6 heteroatoms. The lowest BCUT2D eigenvalue weighted by Crippen LogP contribution is -2.39. The molecular formula is C9H18N2O3S. The molecule has 1 saturated heterocycles. The summed E-state index contributed by atoms with van der Waals surface area (Å²) in [7, 11) is -3.06. The minimum absolute atomic E-state index is 0.232. The lowest BCUT2D eigenvalue weighted by Gasteiger charge is -2.18. The maximum absolute atomic E-state index is 11.4. The van der Waals surface area contributed by atoms with Gasteiger partial charge in [0.05, 0.1) is 11.9 Å². The Balaban J connectivity index is 1.74. The lowest BCUT2D eigenvalue weighted by molar-refractivity contribution is 0.146. The summed E-state index contributed by atoms with van der Waals surface area (Å²) >= 11 is 0. The van der Waals surface area contributed by atoms with Crippen molar-refractivity contribution in [1.29, 1.82) is 0 Å². The van der Waals surface area contributed by atoms with Gasteiger partial charge in [-0.05, 0) is 19.3 Å². The zero-order valence-electron chi connectivity index (χ0n) is 8.72. The predicted octanol–water partition coefficient (Wildman–Crippen LogP) is -0.865. The second-order valence-corrected chi connectivity index (χ2v) is 6.45. The second-order valence-electron chi connectivity index (χ2n) is 4.36. The van der Waals surface area contributed by atoms with E-state index in [1.165, 1.54) is 17.1 Å². The van der Waals surface area contributed by atoms with Crippen molar-refractivity contribution >= 4 is 10.0 Å². The summed E-state index contributed by atoms with van der Waals surface area (Å²) in [6, 6.07) is 0.551. The van der Waals surface area contributed by atoms with E-state index < -0.39 is 16.1 Å². The quantitative estimate of drug-likeness (QED) is 0.649. The van der Waals surface area contributed by atoms with Crippen molar-refractivity contribution in [2.45, 2.75) is 31.4 Å². The van der Waals surface area contributed by atoms with E-state index in [0.29, 0.717) is 25.6 Å². The first-order valence-corrected chi connectivity index (χ1v) is 7.08. The molecule has 5 nitrogen and oxygen atoms in total. The first-order valence-electron chi connectivity index (χ1n) is 5.47. The molecule has 1 aliphatic heterocycles. The number of aliphatic hydroxyl groups excluding tert-OH is 1. The van der Waals surface area contributed by atoms with Crippen LogP contribution >= 0.6 is 0 Å². The summed E-state index contributed by atoms with van der Waals surface area (Å²) in [5.74, 6) is 0.232. The molecule has 2 fully saturated rings. The standard InChI is InChI=1S/C9H18N2O3S/c12-9(6-10-8-2-3-8)7-11-4-1-5-15(11,13)14/h8-10,12H,1-7H2. The first-order chi connectivity index (χ1) is 7.08. The van der Waals surface area contributed by atoms with Crippen LogP contribution in [0.5, 0.6) is 0 Å². The molecule has 88 valence electrons. The summed E-state index contributed by atoms with van der Waals surface area (Å²) in [5, 5.41) is 12.8. The van der Waals surface area contributed by atoms with Crippen LogP contribution in [0.2, 0.25) is 0 Å². The van der Waals surface area contributed by atoms with Crippen molar-refractivity contribution in [3.63, 3.8) is 0 Å². The highest BCUT2D eigenvalue weighted by Gasteiger charge is 2.30. The van der Waals surface area contributed by atoms with Gasteiger partial charge in [-0.3, -0.25) is 0 Å². The van der Waals surface area contributed by atoms with Crippen LogP contribution in [-0.4, -0.2) is 55.4 Å². The minimum Gasteiger partial charge on any atom is -0.390 e. The van der Waals surface area contributed by atoms with Crippen LogP contribution in [-0.2, 0) is 10.0 Å². The van der Waals surface area contributed by atoms with Crippen molar-refractivity contribution in [3.05, 3.63) is 0 Å². The molecule has 1 unspecified atom stereocenters. The van der Waals surface area contributed by atoms with E-state index in [0.717, 1.165) is 0 Å². The number of nitrogens with one attached hydrogen (secondary N) is 1. The van der Waals surface area contributed by atoms with E-state index in [1.54, 1.807) is 0 Å². The number of hydrogen-bond donors (Lipinski definition) is 2. The molecule has 1 saturated carbocycles. The van der Waals surface area contributed by atoms with Crippen LogP contribution in [0.1, 0.15) is 19.3 Å². The average Bonchev–Trinajstić information content (AvgIpc) is 2.91. The maximum atomic E-state index is 11.4. The Morgan fingerprint density at radius 1 is 1.47 bits per heavy atom. The molecule has 2 rings (SSSR count). The number of β-amino-alcohol motifs (C(OH)–C–C–N with tert-alkyl or cyclic N) is 1. The van der Waals surface area contributed by atoms with E-state index in [1.807, 2.05) is 0 Å². The summed E-state index contributed by atoms with van der Waals surface area (Å²) < 4.78 is 24.3. The molecule has 2 aliphatic rings. The third-order valence-electron chi connectivity index (χ3n) is 2.84. The maximum Gasteiger partial charge on any atom is 0.214 e. The molecule has 0 spiro atoms. The van der Waals surface area contributed by atoms with Crippen LogP contribution in [0, 0.1) is 0 Å². The fraction of sp³-hybridized carbons (Fsp3) is 1.00. The molecule has 0 aromatic carbocycles. The van der Waals surface area contributed by atoms with Gasteiger partial charge in [0.1, 0.15) is 0 Å². The highest BCUT2D eigenvalue weighted by atomic mass is 32.2. The highest BCUT2D eigenvalue weighted by Crippen LogP contribution is 2.18. The molecule has 1 heterocycles. The number of sulfonamides is 1. The van der Waals surface area contributed by atoms with Gasteiger partial charge in [0.15, 0.2) is 0 Å². The van der Waals surface area contributed by atoms with Gasteiger partial charge < -0.3 is 10.4 Å². The molecule has 15 heavy (non-hydrogen) atoms. The molecule has 0 bridgehead atoms. The normalized spacial score (nSPS) is 28.1. The van der Waals surface area contributed by atoms with Gasteiger partial charge in [0.25, 0.3) is 0 Å². The summed E-state index contributed by atoms with van der Waals surface area (Å²) in [6.07, 6.45) is 2.45. The van der Waals surface area contributed by atoms with Crippen LogP contribution in [0.3, 0.4) is 0 Å². The SMILES string of the molecule is O=S1(=O)CCCN1CC(O)CNC1CC1. The molecule has 2 N–H and O–H groups in total. The van der Waals surface area contributed by atoms with Crippen LogP contribution in [0.25, 0.3) is 0 Å². The van der Waals surface area contributed by atoms with Crippen molar-refractivity contribution in [1.82, 2.24) is 9.62 Å². The van der Waals surface area contributed by atoms with Crippen LogP contribution in [0.4, 0.5) is 0 Å². The lowest BCUT2D eigenvalue weighted by atomic mass is 10.3. The summed E-state index contributed by atoms with van der Waals surface area (Å²) in [5.41, 5.74) is 0. The van der Waals surface area contributed by atoms with Gasteiger partial charge in [-0.15, -0.1) is 0 Å². The van der Waals surface area contributed by atoms with Crippen molar-refractivity contribution in [3.8, 4) is 0 Å². The molecule has 0 radical (unpaired) electrons. The highest BCUT2D eigenvalue weighted by molar-refractivity contribution is 7.89. The fourth-order valence-corrected chi connectivity index (χ4v) is 3.34. The van der Waals surface area contributed by atoms with Crippen LogP contribution in [0.15, 0.2) is 0 Å². The summed E-state index contributed by atoms with van der Waals surface area (Å²) in [6.45, 7) is 1.29. The molecule has 0 aromatic heterocycles. The predicted molar refractivity (Wildman–Crippen MR) is 57.0 cm³/mol. The number of aliphatic hydroxyl groups is 1. The Hall–Kier alpha value is -0.170. The van der Waals surface area contributed by atoms with E-state index in [2.05, 4.69) is 5.32 Å². The largest absolute Gasteiger partial charge is 0.390 e. The Bertz CT molecular complexity index is 313. The summed E-state index contributed by atoms with van der Waals surface area (Å²) in [4.78, 5) is 0. The Kier molecular flexibility index (Phi) is 3.30. The monoisotopic (exact) mass is 234 g/mol. The van der Waals surface area contributed by atoms with Gasteiger partial charge in [0, 0.05) is 25.7 Å². The van der Waals surface area contributed by atoms with Crippen molar-refractivity contribution in [2.75, 3.05) is 25.4 Å². The van der Waals surface area contributed by atoms with Gasteiger partial charge in [0.2, 0.25) is 10.0 Å². The third kappa shape index (κ3) is 3.14. The third-order valence-corrected chi connectivity index (χ3v) is 4.76. The molecule has 1 atom stereocenters. The van der Waals surface area contributed by atoms with Gasteiger partial charge >= 0.3 is 0 Å². The first kappa shape index (κ1) is 11.3. The minimum atomic E-state index is -3.06. The molecule has 0 amide bonds. The Morgan fingerprint density at radius 2 is 2.20 bits per heavy atom. The van der Waals surface area contributed by atoms with E-state index in [-0.39, 0.29) is 12.3 Å². The van der Waals surface area contributed by atoms with Crippen LogP contribution < -0.4 is 5.32 Å². The van der Waals surface area contributed by atoms with Gasteiger partial charge in [-0.25, -0.2) is 8.42 Å². The van der Waals surface area contributed by atoms with Gasteiger partial charge in [-0.2, -0.15) is 4.31 Å². The number of hydrogen-bond acceptors (Lipinski definition) is 4. The molecular weight excluding hydrogens is 216 g/mol. The van der Waals surface area contributed by atoms with E-state index >= 15 is 0 Å². The van der Waals surface area contributed by atoms with Gasteiger partial charge in [-0.1, -0.05) is 0 Å². The van der Waals surface area contributed by atoms with E-state index in [4.69, 9.17) is 0 Å². The topological polar surface area (TPSA) is 69.6 Å². The Morgan fingerprint density at radius 3 is 2.73 bits per heavy atom. The number of rotatable bonds is 5. The Labute approximate surface area is 90.5 Å². The zero-order valence-corrected chi connectivity index (χ0v) is 9.54. The van der Waals surface area contributed by atoms with E-state index in [9.17, 15) is 13.5 Å². The number of nitrogens with zero attached hydrogens (tertiary/aromatic N) is 1. The molecule has 1 aliphatic carbocycles. The zero-order chi connectivity index (χ0) is 10.9. The smallest absolute Gasteiger partial charge is 0.214 e. The van der Waals surface area contributed by atoms with Crippen molar-refractivity contribution < 1.29 is 13.5 Å². The van der Waals surface area contributed by atoms with Crippen molar-refractivity contribution in [2.24, 2.45) is 0 Å². The second kappa shape index (κ2) is 4.37. The average molecular weight is 234 g/mol. The fourth-order valence-electron chi connectivity index (χ4n) is 1.79. The molecule has 0 aromatic rings.